The van der Waals surface area contributed by atoms with Crippen molar-refractivity contribution in [2.75, 3.05) is 0 Å². The Morgan fingerprint density at radius 3 is 2.76 bits per heavy atom. The van der Waals surface area contributed by atoms with Crippen molar-refractivity contribution < 1.29 is 17.1 Å². The van der Waals surface area contributed by atoms with Gasteiger partial charge in [0.05, 0.1) is 5.71 Å². The van der Waals surface area contributed by atoms with Gasteiger partial charge in [0.15, 0.2) is 0 Å². The Morgan fingerprint density at radius 2 is 2.12 bits per heavy atom. The molecule has 0 fully saturated rings. The predicted octanol–water partition coefficient (Wildman–Crippen LogP) is 3.75. The van der Waals surface area contributed by atoms with Gasteiger partial charge in [-0.15, -0.1) is 0 Å². The van der Waals surface area contributed by atoms with E-state index in [2.05, 4.69) is 30.3 Å². The molecule has 1 aliphatic heterocycles. The Balaban J connectivity index is 0.000000296. The van der Waals surface area contributed by atoms with E-state index in [0.29, 0.717) is 0 Å². The molecule has 98 valence electrons. The first-order chi connectivity index (χ1) is 7.88. The molecule has 3 heteroatoms. The van der Waals surface area contributed by atoms with Crippen LogP contribution in [0.15, 0.2) is 34.3 Å². The fourth-order valence-corrected chi connectivity index (χ4v) is 1.54. The van der Waals surface area contributed by atoms with Gasteiger partial charge in [0, 0.05) is 0 Å². The molecule has 17 heavy (non-hydrogen) atoms. The number of unbranched alkanes of at least 4 members (excludes halogenated alkanes) is 4. The van der Waals surface area contributed by atoms with Crippen molar-refractivity contribution in [1.82, 2.24) is 0 Å². The van der Waals surface area contributed by atoms with Crippen LogP contribution in [0.4, 0.5) is 0 Å². The molecule has 2 rings (SSSR count). The molecule has 2 aliphatic rings. The largest absolute Gasteiger partial charge is 1.00 e. The maximum Gasteiger partial charge on any atom is 1.00 e. The second-order valence-corrected chi connectivity index (χ2v) is 3.91. The Kier molecular flexibility index (Phi) is 10.1. The summed E-state index contributed by atoms with van der Waals surface area (Å²) in [6, 6.07) is 0.218. The fraction of sp³-hybridized carbons (Fsp3) is 0.500. The van der Waals surface area contributed by atoms with Crippen LogP contribution in [0.25, 0.3) is 0 Å². The summed E-state index contributed by atoms with van der Waals surface area (Å²) < 4.78 is 0. The standard InChI is InChI=1S/C7H6N2.C7H15.Cu/c1-2-4-7-6(3-1)8-5-9-7;1-3-5-7-6-4-2;/h1-6H;3H,4-7H2,1-2H3;/q;-1;+1. The molecule has 1 heterocycles. The van der Waals surface area contributed by atoms with Gasteiger partial charge in [0.2, 0.25) is 0 Å². The third-order valence-corrected chi connectivity index (χ3v) is 2.50. The molecule has 0 aromatic heterocycles. The fourth-order valence-electron chi connectivity index (χ4n) is 1.54. The van der Waals surface area contributed by atoms with Crippen molar-refractivity contribution in [2.45, 2.75) is 45.6 Å². The van der Waals surface area contributed by atoms with Gasteiger partial charge < -0.3 is 6.42 Å². The van der Waals surface area contributed by atoms with Crippen LogP contribution >= 0.6 is 0 Å². The van der Waals surface area contributed by atoms with Crippen molar-refractivity contribution in [3.05, 3.63) is 30.7 Å². The van der Waals surface area contributed by atoms with E-state index in [4.69, 9.17) is 0 Å². The number of hydrogen-bond acceptors (Lipinski definition) is 2. The van der Waals surface area contributed by atoms with Gasteiger partial charge in [-0.2, -0.15) is 13.3 Å². The zero-order chi connectivity index (χ0) is 11.6. The van der Waals surface area contributed by atoms with Gasteiger partial charge in [-0.05, 0) is 6.08 Å². The Labute approximate surface area is 115 Å². The molecule has 0 aromatic rings. The second kappa shape index (κ2) is 10.5. The van der Waals surface area contributed by atoms with Crippen LogP contribution in [0.1, 0.15) is 39.5 Å². The van der Waals surface area contributed by atoms with Gasteiger partial charge in [-0.3, -0.25) is 4.99 Å². The summed E-state index contributed by atoms with van der Waals surface area (Å²) in [5.74, 6) is 0. The van der Waals surface area contributed by atoms with Gasteiger partial charge in [0.25, 0.3) is 0 Å². The van der Waals surface area contributed by atoms with E-state index in [1.807, 2.05) is 24.3 Å². The monoisotopic (exact) mass is 280 g/mol. The van der Waals surface area contributed by atoms with E-state index in [0.717, 1.165) is 5.71 Å². The predicted molar refractivity (Wildman–Crippen MR) is 72.1 cm³/mol. The SMILES string of the molecule is C1=CC2=NC=NC2C=C1.C[CH-]CCCCC.[Cu+]. The summed E-state index contributed by atoms with van der Waals surface area (Å²) in [5.41, 5.74) is 1.05. The van der Waals surface area contributed by atoms with Crippen LogP contribution in [0, 0.1) is 6.42 Å². The minimum Gasteiger partial charge on any atom is -0.332 e. The molecule has 1 unspecified atom stereocenters. The van der Waals surface area contributed by atoms with Crippen molar-refractivity contribution >= 4 is 12.1 Å². The summed E-state index contributed by atoms with van der Waals surface area (Å²) in [6.07, 6.45) is 17.2. The van der Waals surface area contributed by atoms with Gasteiger partial charge in [-0.25, -0.2) is 4.99 Å². The van der Waals surface area contributed by atoms with Crippen LogP contribution in [0.2, 0.25) is 0 Å². The first kappa shape index (κ1) is 16.3. The van der Waals surface area contributed by atoms with Crippen molar-refractivity contribution in [3.8, 4) is 0 Å². The number of nitrogens with zero attached hydrogens (tertiary/aromatic N) is 2. The Bertz CT molecular complexity index is 299. The molecular weight excluding hydrogens is 260 g/mol. The molecule has 0 spiro atoms. The number of fused-ring (bicyclic) bond motifs is 1. The number of hydrogen-bond donors (Lipinski definition) is 0. The zero-order valence-electron chi connectivity index (χ0n) is 10.6. The molecule has 0 aromatic carbocycles. The first-order valence-corrected chi connectivity index (χ1v) is 6.10. The van der Waals surface area contributed by atoms with E-state index >= 15 is 0 Å². The molecule has 0 radical (unpaired) electrons. The maximum atomic E-state index is 4.09. The molecule has 1 atom stereocenters. The molecule has 0 saturated carbocycles. The first-order valence-electron chi connectivity index (χ1n) is 6.10. The van der Waals surface area contributed by atoms with Crippen molar-refractivity contribution in [3.63, 3.8) is 0 Å². The summed E-state index contributed by atoms with van der Waals surface area (Å²) in [7, 11) is 0. The zero-order valence-corrected chi connectivity index (χ0v) is 11.5. The summed E-state index contributed by atoms with van der Waals surface area (Å²) in [5, 5.41) is 0. The summed E-state index contributed by atoms with van der Waals surface area (Å²) in [6.45, 7) is 4.35. The van der Waals surface area contributed by atoms with Gasteiger partial charge >= 0.3 is 17.1 Å². The van der Waals surface area contributed by atoms with Gasteiger partial charge in [0.1, 0.15) is 12.4 Å². The maximum absolute atomic E-state index is 4.09. The van der Waals surface area contributed by atoms with E-state index in [1.165, 1.54) is 25.7 Å². The third kappa shape index (κ3) is 6.60. The van der Waals surface area contributed by atoms with Crippen molar-refractivity contribution in [2.24, 2.45) is 9.98 Å². The average molecular weight is 281 g/mol. The van der Waals surface area contributed by atoms with Crippen LogP contribution in [-0.4, -0.2) is 18.1 Å². The minimum absolute atomic E-state index is 0. The molecule has 0 bridgehead atoms. The average Bonchev–Trinajstić information content (AvgIpc) is 2.78. The Morgan fingerprint density at radius 1 is 1.29 bits per heavy atom. The van der Waals surface area contributed by atoms with Crippen LogP contribution in [-0.2, 0) is 17.1 Å². The summed E-state index contributed by atoms with van der Waals surface area (Å²) >= 11 is 0. The topological polar surface area (TPSA) is 24.7 Å². The van der Waals surface area contributed by atoms with Crippen LogP contribution < -0.4 is 0 Å². The molecule has 0 N–H and O–H groups in total. The molecule has 0 saturated heterocycles. The van der Waals surface area contributed by atoms with E-state index in [1.54, 1.807) is 6.34 Å². The molecule has 0 amide bonds. The molecular formula is C14H21CuN2. The third-order valence-electron chi connectivity index (χ3n) is 2.50. The quantitative estimate of drug-likeness (QED) is 0.426. The summed E-state index contributed by atoms with van der Waals surface area (Å²) in [4.78, 5) is 8.14. The minimum atomic E-state index is 0. The Hall–Kier alpha value is -0.661. The molecule has 1 aliphatic carbocycles. The van der Waals surface area contributed by atoms with Crippen LogP contribution in [0.5, 0.6) is 0 Å². The smallest absolute Gasteiger partial charge is 0.332 e. The van der Waals surface area contributed by atoms with E-state index in [-0.39, 0.29) is 23.1 Å². The second-order valence-electron chi connectivity index (χ2n) is 3.91. The number of aliphatic imine (C=N–C) groups is 2. The normalized spacial score (nSPS) is 18.9. The molecule has 2 nitrogen and oxygen atoms in total. The van der Waals surface area contributed by atoms with Gasteiger partial charge in [-0.1, -0.05) is 44.4 Å². The number of allylic oxidation sites excluding steroid dienone is 2. The van der Waals surface area contributed by atoms with E-state index in [9.17, 15) is 0 Å². The van der Waals surface area contributed by atoms with Crippen LogP contribution in [0.3, 0.4) is 0 Å². The van der Waals surface area contributed by atoms with E-state index < -0.39 is 0 Å². The number of rotatable bonds is 4. The van der Waals surface area contributed by atoms with Crippen molar-refractivity contribution in [1.29, 1.82) is 0 Å².